The average molecular weight is 428 g/mol. The fourth-order valence-corrected chi connectivity index (χ4v) is 4.14. The Hall–Kier alpha value is -2.38. The van der Waals surface area contributed by atoms with E-state index >= 15 is 0 Å². The lowest BCUT2D eigenvalue weighted by Crippen LogP contribution is -2.47. The monoisotopic (exact) mass is 427 g/mol. The van der Waals surface area contributed by atoms with Crippen molar-refractivity contribution in [2.45, 2.75) is 40.2 Å². The van der Waals surface area contributed by atoms with E-state index in [-0.39, 0.29) is 5.91 Å². The van der Waals surface area contributed by atoms with E-state index in [9.17, 15) is 4.79 Å². The van der Waals surface area contributed by atoms with Crippen molar-refractivity contribution in [1.82, 2.24) is 19.6 Å². The van der Waals surface area contributed by atoms with Crippen LogP contribution in [0.2, 0.25) is 0 Å². The molecule has 3 rings (SSSR count). The summed E-state index contributed by atoms with van der Waals surface area (Å²) >= 11 is 0. The lowest BCUT2D eigenvalue weighted by Gasteiger charge is -2.36. The van der Waals surface area contributed by atoms with E-state index in [1.54, 1.807) is 7.11 Å². The number of carbonyl (C=O) groups is 1. The first kappa shape index (κ1) is 23.3. The molecule has 7 heteroatoms. The maximum Gasteiger partial charge on any atom is 0.222 e. The number of aryl methyl sites for hydroxylation is 1. The lowest BCUT2D eigenvalue weighted by molar-refractivity contribution is -0.132. The highest BCUT2D eigenvalue weighted by molar-refractivity contribution is 5.76. The minimum Gasteiger partial charge on any atom is -0.383 e. The van der Waals surface area contributed by atoms with Crippen LogP contribution in [0.25, 0.3) is 5.69 Å². The standard InChI is InChI=1S/C24H37N5O2/c1-5-10-23(30)28(17-18-31-4)19-22-20(3)25-29(21-11-8-7-9-12-21)24(22)27-15-13-26(6-2)14-16-27/h7-9,11-12H,5-6,10,13-19H2,1-4H3. The minimum atomic E-state index is 0.174. The molecule has 0 bridgehead atoms. The van der Waals surface area contributed by atoms with Gasteiger partial charge in [0, 0.05) is 51.8 Å². The van der Waals surface area contributed by atoms with Crippen LogP contribution >= 0.6 is 0 Å². The van der Waals surface area contributed by atoms with Gasteiger partial charge in [0.1, 0.15) is 5.82 Å². The summed E-state index contributed by atoms with van der Waals surface area (Å²) in [4.78, 5) is 19.7. The second-order valence-corrected chi connectivity index (χ2v) is 8.11. The molecule has 0 radical (unpaired) electrons. The second-order valence-electron chi connectivity index (χ2n) is 8.11. The van der Waals surface area contributed by atoms with Crippen molar-refractivity contribution >= 4 is 11.7 Å². The Morgan fingerprint density at radius 2 is 1.84 bits per heavy atom. The van der Waals surface area contributed by atoms with Gasteiger partial charge < -0.3 is 19.4 Å². The van der Waals surface area contributed by atoms with E-state index in [0.717, 1.165) is 61.9 Å². The lowest BCUT2D eigenvalue weighted by atomic mass is 10.1. The zero-order valence-corrected chi connectivity index (χ0v) is 19.5. The summed E-state index contributed by atoms with van der Waals surface area (Å²) in [7, 11) is 1.68. The Balaban J connectivity index is 1.98. The zero-order valence-electron chi connectivity index (χ0n) is 19.5. The van der Waals surface area contributed by atoms with E-state index in [1.807, 2.05) is 30.0 Å². The highest BCUT2D eigenvalue weighted by Crippen LogP contribution is 2.30. The number of nitrogens with zero attached hydrogens (tertiary/aromatic N) is 5. The molecule has 0 N–H and O–H groups in total. The zero-order chi connectivity index (χ0) is 22.2. The number of hydrogen-bond acceptors (Lipinski definition) is 5. The first-order valence-electron chi connectivity index (χ1n) is 11.5. The van der Waals surface area contributed by atoms with Crippen LogP contribution in [-0.4, -0.2) is 78.5 Å². The molecule has 2 heterocycles. The molecule has 0 unspecified atom stereocenters. The number of benzene rings is 1. The van der Waals surface area contributed by atoms with Crippen LogP contribution in [0, 0.1) is 6.92 Å². The van der Waals surface area contributed by atoms with Crippen LogP contribution in [0.4, 0.5) is 5.82 Å². The smallest absolute Gasteiger partial charge is 0.222 e. The molecule has 0 atom stereocenters. The largest absolute Gasteiger partial charge is 0.383 e. The SMILES string of the molecule is CCCC(=O)N(CCOC)Cc1c(C)nn(-c2ccccc2)c1N1CCN(CC)CC1. The van der Waals surface area contributed by atoms with Gasteiger partial charge in [-0.3, -0.25) is 4.79 Å². The highest BCUT2D eigenvalue weighted by atomic mass is 16.5. The summed E-state index contributed by atoms with van der Waals surface area (Å²) in [5.41, 5.74) is 3.16. The van der Waals surface area contributed by atoms with Crippen LogP contribution in [0.15, 0.2) is 30.3 Å². The molecule has 1 aromatic heterocycles. The number of methoxy groups -OCH3 is 1. The van der Waals surface area contributed by atoms with Gasteiger partial charge >= 0.3 is 0 Å². The Kier molecular flexibility index (Phi) is 8.49. The molecule has 31 heavy (non-hydrogen) atoms. The van der Waals surface area contributed by atoms with Crippen molar-refractivity contribution in [3.63, 3.8) is 0 Å². The minimum absolute atomic E-state index is 0.174. The van der Waals surface area contributed by atoms with E-state index in [2.05, 4.69) is 40.5 Å². The summed E-state index contributed by atoms with van der Waals surface area (Å²) in [5, 5.41) is 4.93. The number of carbonyl (C=O) groups excluding carboxylic acids is 1. The molecule has 1 amide bonds. The van der Waals surface area contributed by atoms with Gasteiger partial charge in [0.25, 0.3) is 0 Å². The molecular weight excluding hydrogens is 390 g/mol. The van der Waals surface area contributed by atoms with Gasteiger partial charge in [-0.2, -0.15) is 5.10 Å². The molecule has 7 nitrogen and oxygen atoms in total. The molecule has 0 saturated carbocycles. The molecule has 1 aromatic carbocycles. The van der Waals surface area contributed by atoms with Crippen LogP contribution in [0.1, 0.15) is 37.9 Å². The van der Waals surface area contributed by atoms with Gasteiger partial charge in [-0.1, -0.05) is 32.0 Å². The topological polar surface area (TPSA) is 53.8 Å². The molecule has 1 aliphatic rings. The molecular formula is C24H37N5O2. The van der Waals surface area contributed by atoms with Crippen molar-refractivity contribution in [2.75, 3.05) is 57.9 Å². The molecule has 1 aliphatic heterocycles. The average Bonchev–Trinajstić information content (AvgIpc) is 3.13. The quantitative estimate of drug-likeness (QED) is 0.583. The maximum absolute atomic E-state index is 12.8. The third-order valence-corrected chi connectivity index (χ3v) is 6.01. The Bertz CT molecular complexity index is 828. The number of amides is 1. The van der Waals surface area contributed by atoms with Gasteiger partial charge in [0.15, 0.2) is 0 Å². The van der Waals surface area contributed by atoms with Crippen molar-refractivity contribution in [2.24, 2.45) is 0 Å². The van der Waals surface area contributed by atoms with Gasteiger partial charge in [-0.15, -0.1) is 0 Å². The predicted molar refractivity (Wildman–Crippen MR) is 125 cm³/mol. The third-order valence-electron chi connectivity index (χ3n) is 6.01. The number of piperazine rings is 1. The molecule has 170 valence electrons. The van der Waals surface area contributed by atoms with Gasteiger partial charge in [-0.05, 0) is 32.0 Å². The summed E-state index contributed by atoms with van der Waals surface area (Å²) in [6, 6.07) is 10.3. The van der Waals surface area contributed by atoms with Crippen molar-refractivity contribution < 1.29 is 9.53 Å². The van der Waals surface area contributed by atoms with Crippen LogP contribution < -0.4 is 4.90 Å². The normalized spacial score (nSPS) is 14.8. The molecule has 0 aliphatic carbocycles. The van der Waals surface area contributed by atoms with E-state index in [1.165, 1.54) is 0 Å². The van der Waals surface area contributed by atoms with Crippen LogP contribution in [0.5, 0.6) is 0 Å². The van der Waals surface area contributed by atoms with Crippen LogP contribution in [0.3, 0.4) is 0 Å². The first-order chi connectivity index (χ1) is 15.1. The van der Waals surface area contributed by atoms with E-state index in [4.69, 9.17) is 9.84 Å². The Labute approximate surface area is 186 Å². The number of para-hydroxylation sites is 1. The second kappa shape index (κ2) is 11.3. The Morgan fingerprint density at radius 1 is 1.13 bits per heavy atom. The molecule has 0 spiro atoms. The third kappa shape index (κ3) is 5.66. The number of ether oxygens (including phenoxy) is 1. The molecule has 2 aromatic rings. The number of aromatic nitrogens is 2. The summed E-state index contributed by atoms with van der Waals surface area (Å²) in [5.74, 6) is 1.29. The van der Waals surface area contributed by atoms with Crippen LogP contribution in [-0.2, 0) is 16.1 Å². The molecule has 1 saturated heterocycles. The fraction of sp³-hybridized carbons (Fsp3) is 0.583. The summed E-state index contributed by atoms with van der Waals surface area (Å²) < 4.78 is 7.34. The van der Waals surface area contributed by atoms with E-state index < -0.39 is 0 Å². The summed E-state index contributed by atoms with van der Waals surface area (Å²) in [6.07, 6.45) is 1.40. The number of rotatable bonds is 10. The van der Waals surface area contributed by atoms with Gasteiger partial charge in [0.2, 0.25) is 5.91 Å². The van der Waals surface area contributed by atoms with Gasteiger partial charge in [-0.25, -0.2) is 4.68 Å². The fourth-order valence-electron chi connectivity index (χ4n) is 4.14. The van der Waals surface area contributed by atoms with Crippen molar-refractivity contribution in [3.8, 4) is 5.69 Å². The first-order valence-corrected chi connectivity index (χ1v) is 11.5. The van der Waals surface area contributed by atoms with Crippen molar-refractivity contribution in [3.05, 3.63) is 41.6 Å². The number of likely N-dealkylation sites (N-methyl/N-ethyl adjacent to an activating group) is 1. The molecule has 1 fully saturated rings. The number of anilines is 1. The maximum atomic E-state index is 12.8. The van der Waals surface area contributed by atoms with Gasteiger partial charge in [0.05, 0.1) is 24.5 Å². The van der Waals surface area contributed by atoms with Crippen molar-refractivity contribution in [1.29, 1.82) is 0 Å². The predicted octanol–water partition coefficient (Wildman–Crippen LogP) is 3.10. The Morgan fingerprint density at radius 3 is 2.45 bits per heavy atom. The van der Waals surface area contributed by atoms with E-state index in [0.29, 0.717) is 26.1 Å². The summed E-state index contributed by atoms with van der Waals surface area (Å²) in [6.45, 7) is 13.1. The highest BCUT2D eigenvalue weighted by Gasteiger charge is 2.27. The number of hydrogen-bond donors (Lipinski definition) is 0.